The average Bonchev–Trinajstić information content (AvgIpc) is 3.26. The van der Waals surface area contributed by atoms with Crippen LogP contribution in [0.15, 0.2) is 47.1 Å². The fourth-order valence-electron chi connectivity index (χ4n) is 3.55. The van der Waals surface area contributed by atoms with E-state index in [1.54, 1.807) is 36.4 Å². The molecule has 4 rings (SSSR count). The van der Waals surface area contributed by atoms with Gasteiger partial charge in [-0.15, -0.1) is 0 Å². The van der Waals surface area contributed by atoms with Crippen LogP contribution in [-0.2, 0) is 19.0 Å². The van der Waals surface area contributed by atoms with Gasteiger partial charge in [0.25, 0.3) is 0 Å². The number of furan rings is 1. The van der Waals surface area contributed by atoms with Crippen molar-refractivity contribution in [2.75, 3.05) is 6.61 Å². The van der Waals surface area contributed by atoms with Crippen molar-refractivity contribution in [1.82, 2.24) is 5.32 Å². The summed E-state index contributed by atoms with van der Waals surface area (Å²) in [4.78, 5) is 23.2. The maximum atomic E-state index is 11.7. The summed E-state index contributed by atoms with van der Waals surface area (Å²) >= 11 is 0. The summed E-state index contributed by atoms with van der Waals surface area (Å²) in [5.74, 6) is 0.488. The van der Waals surface area contributed by atoms with Crippen molar-refractivity contribution in [3.63, 3.8) is 0 Å². The Kier molecular flexibility index (Phi) is 5.87. The molecule has 0 radical (unpaired) electrons. The van der Waals surface area contributed by atoms with Crippen LogP contribution < -0.4 is 10.1 Å². The number of aliphatic hydroxyl groups is 1. The third-order valence-electron chi connectivity index (χ3n) is 5.02. The molecule has 6 atom stereocenters. The van der Waals surface area contributed by atoms with Crippen molar-refractivity contribution in [2.24, 2.45) is 0 Å². The average molecular weight is 417 g/mol. The monoisotopic (exact) mass is 417 g/mol. The summed E-state index contributed by atoms with van der Waals surface area (Å²) in [6.45, 7) is 2.96. The highest BCUT2D eigenvalue weighted by Gasteiger charge is 2.51. The molecule has 30 heavy (non-hydrogen) atoms. The van der Waals surface area contributed by atoms with Gasteiger partial charge in [-0.1, -0.05) is 0 Å². The third-order valence-corrected chi connectivity index (χ3v) is 5.02. The maximum absolute atomic E-state index is 11.7. The number of ketones is 1. The number of rotatable bonds is 5. The normalized spacial score (nSPS) is 30.9. The number of hydrogen-bond donors (Lipinski definition) is 2. The first-order valence-corrected chi connectivity index (χ1v) is 9.61. The number of fused-ring (bicyclic) bond motifs is 1. The van der Waals surface area contributed by atoms with E-state index in [2.05, 4.69) is 5.32 Å². The second-order valence-electron chi connectivity index (χ2n) is 7.24. The van der Waals surface area contributed by atoms with E-state index in [-0.39, 0.29) is 18.3 Å². The van der Waals surface area contributed by atoms with E-state index in [1.165, 1.54) is 20.1 Å². The molecule has 0 spiro atoms. The molecule has 9 heteroatoms. The fourth-order valence-corrected chi connectivity index (χ4v) is 3.55. The zero-order valence-corrected chi connectivity index (χ0v) is 16.5. The zero-order chi connectivity index (χ0) is 21.3. The Labute approximate surface area is 172 Å². The molecule has 3 heterocycles. The molecular weight excluding hydrogens is 394 g/mol. The Balaban J connectivity index is 1.51. The van der Waals surface area contributed by atoms with Gasteiger partial charge in [0.1, 0.15) is 30.1 Å². The number of carbonyl (C=O) groups is 2. The summed E-state index contributed by atoms with van der Waals surface area (Å²) in [5.41, 5.74) is 0.545. The van der Waals surface area contributed by atoms with Crippen molar-refractivity contribution in [1.29, 1.82) is 0 Å². The highest BCUT2D eigenvalue weighted by Crippen LogP contribution is 2.35. The van der Waals surface area contributed by atoms with Gasteiger partial charge in [0.2, 0.25) is 18.5 Å². The molecule has 2 saturated heterocycles. The van der Waals surface area contributed by atoms with Crippen LogP contribution in [0.3, 0.4) is 0 Å². The number of carbonyl (C=O) groups excluding carboxylic acids is 2. The Hall–Kier alpha value is -2.72. The molecule has 1 aromatic heterocycles. The minimum atomic E-state index is -1.12. The summed E-state index contributed by atoms with van der Waals surface area (Å²) in [5, 5.41) is 13.6. The number of nitrogens with one attached hydrogen (secondary N) is 1. The first-order valence-electron chi connectivity index (χ1n) is 9.61. The second kappa shape index (κ2) is 8.57. The summed E-state index contributed by atoms with van der Waals surface area (Å²) in [6, 6.07) is 9.06. The van der Waals surface area contributed by atoms with E-state index in [4.69, 9.17) is 23.4 Å². The lowest BCUT2D eigenvalue weighted by atomic mass is 9.96. The largest absolute Gasteiger partial charge is 0.464 e. The van der Waals surface area contributed by atoms with Crippen LogP contribution in [0, 0.1) is 0 Å². The Bertz CT molecular complexity index is 881. The molecule has 2 N–H and O–H groups in total. The van der Waals surface area contributed by atoms with Crippen molar-refractivity contribution >= 4 is 11.7 Å². The first kappa shape index (κ1) is 20.5. The van der Waals surface area contributed by atoms with Gasteiger partial charge in [-0.3, -0.25) is 9.59 Å². The van der Waals surface area contributed by atoms with Crippen LogP contribution in [0.4, 0.5) is 0 Å². The Morgan fingerprint density at radius 1 is 1.13 bits per heavy atom. The van der Waals surface area contributed by atoms with Gasteiger partial charge in [-0.25, -0.2) is 0 Å². The van der Waals surface area contributed by atoms with E-state index in [1.807, 2.05) is 0 Å². The van der Waals surface area contributed by atoms with Crippen LogP contribution in [0.5, 0.6) is 5.75 Å². The van der Waals surface area contributed by atoms with Gasteiger partial charge >= 0.3 is 0 Å². The minimum absolute atomic E-state index is 0.0625. The van der Waals surface area contributed by atoms with E-state index in [9.17, 15) is 14.7 Å². The van der Waals surface area contributed by atoms with Gasteiger partial charge in [-0.2, -0.15) is 0 Å². The quantitative estimate of drug-likeness (QED) is 0.704. The van der Waals surface area contributed by atoms with Gasteiger partial charge < -0.3 is 33.8 Å². The standard InChI is InChI=1S/C21H23NO8/c1-11(23)13-5-7-14(8-6-13)28-21-17(22-12(2)24)18(25)19-16(29-21)10-27-20(30-19)15-4-3-9-26-15/h3-9,16-21,25H,10H2,1-2H3,(H,22,24)/t16-,17-,18-,19+,20-,21+/m1/s1. The molecule has 0 saturated carbocycles. The summed E-state index contributed by atoms with van der Waals surface area (Å²) in [6.07, 6.45) is -2.75. The molecule has 9 nitrogen and oxygen atoms in total. The molecule has 160 valence electrons. The van der Waals surface area contributed by atoms with Gasteiger partial charge in [0.05, 0.1) is 12.9 Å². The van der Waals surface area contributed by atoms with E-state index < -0.39 is 36.9 Å². The number of amides is 1. The van der Waals surface area contributed by atoms with Gasteiger partial charge in [0.15, 0.2) is 11.5 Å². The van der Waals surface area contributed by atoms with Crippen molar-refractivity contribution in [3.05, 3.63) is 54.0 Å². The van der Waals surface area contributed by atoms with Crippen molar-refractivity contribution in [3.8, 4) is 5.75 Å². The topological polar surface area (TPSA) is 116 Å². The van der Waals surface area contributed by atoms with E-state index in [0.717, 1.165) is 0 Å². The molecule has 2 aliphatic heterocycles. The van der Waals surface area contributed by atoms with E-state index in [0.29, 0.717) is 17.1 Å². The molecule has 2 aromatic rings. The molecule has 1 aromatic carbocycles. The van der Waals surface area contributed by atoms with Crippen LogP contribution in [0.1, 0.15) is 36.3 Å². The van der Waals surface area contributed by atoms with Gasteiger partial charge in [-0.05, 0) is 43.3 Å². The lowest BCUT2D eigenvalue weighted by Crippen LogP contribution is -2.67. The van der Waals surface area contributed by atoms with Crippen molar-refractivity contribution < 1.29 is 38.1 Å². The lowest BCUT2D eigenvalue weighted by molar-refractivity contribution is -0.336. The smallest absolute Gasteiger partial charge is 0.223 e. The SMILES string of the molecule is CC(=O)N[C@H]1[C@@H](Oc2ccc(C(C)=O)cc2)O[C@@H]2CO[C@@H](c3ccco3)O[C@@H]2[C@@H]1O. The second-order valence-corrected chi connectivity index (χ2v) is 7.24. The molecule has 0 aliphatic carbocycles. The summed E-state index contributed by atoms with van der Waals surface area (Å²) < 4.78 is 28.7. The predicted octanol–water partition coefficient (Wildman–Crippen LogP) is 1.57. The number of hydrogen-bond acceptors (Lipinski definition) is 8. The highest BCUT2D eigenvalue weighted by atomic mass is 16.8. The summed E-state index contributed by atoms with van der Waals surface area (Å²) in [7, 11) is 0. The van der Waals surface area contributed by atoms with Crippen LogP contribution in [-0.4, -0.2) is 54.0 Å². The Morgan fingerprint density at radius 3 is 2.53 bits per heavy atom. The predicted molar refractivity (Wildman–Crippen MR) is 102 cm³/mol. The van der Waals surface area contributed by atoms with Crippen LogP contribution in [0.25, 0.3) is 0 Å². The first-order chi connectivity index (χ1) is 14.4. The van der Waals surface area contributed by atoms with Gasteiger partial charge in [0, 0.05) is 12.5 Å². The number of benzene rings is 1. The molecule has 0 unspecified atom stereocenters. The maximum Gasteiger partial charge on any atom is 0.223 e. The third kappa shape index (κ3) is 4.24. The molecule has 1 amide bonds. The molecule has 2 fully saturated rings. The van der Waals surface area contributed by atoms with Crippen LogP contribution >= 0.6 is 0 Å². The highest BCUT2D eigenvalue weighted by molar-refractivity contribution is 5.94. The number of aliphatic hydroxyl groups excluding tert-OH is 1. The lowest BCUT2D eigenvalue weighted by Gasteiger charge is -2.47. The Morgan fingerprint density at radius 2 is 1.90 bits per heavy atom. The number of ether oxygens (including phenoxy) is 4. The zero-order valence-electron chi connectivity index (χ0n) is 16.5. The fraction of sp³-hybridized carbons (Fsp3) is 0.429. The molecular formula is C21H23NO8. The molecule has 0 bridgehead atoms. The number of Topliss-reactive ketones (excluding diaryl/α,β-unsaturated/α-hetero) is 1. The van der Waals surface area contributed by atoms with Crippen LogP contribution in [0.2, 0.25) is 0 Å². The van der Waals surface area contributed by atoms with E-state index >= 15 is 0 Å². The minimum Gasteiger partial charge on any atom is -0.464 e. The molecule has 2 aliphatic rings. The van der Waals surface area contributed by atoms with Crippen molar-refractivity contribution in [2.45, 2.75) is 50.8 Å².